The number of nitrogens with two attached hydrogens (primary N) is 1. The third-order valence-corrected chi connectivity index (χ3v) is 5.65. The fourth-order valence-corrected chi connectivity index (χ4v) is 4.31. The molecule has 1 heterocycles. The number of hydrogen-bond donors (Lipinski definition) is 2. The lowest BCUT2D eigenvalue weighted by atomic mass is 10.0. The molecule has 4 nitrogen and oxygen atoms in total. The SMILES string of the molecule is Nc1cc(S(=O)(=O)NCC2CCSCC2)ccc1F. The van der Waals surface area contributed by atoms with Gasteiger partial charge >= 0.3 is 0 Å². The lowest BCUT2D eigenvalue weighted by molar-refractivity contribution is 0.476. The Morgan fingerprint density at radius 1 is 1.37 bits per heavy atom. The highest BCUT2D eigenvalue weighted by Gasteiger charge is 2.19. The van der Waals surface area contributed by atoms with Gasteiger partial charge in [-0.3, -0.25) is 0 Å². The number of anilines is 1. The number of nitrogens with one attached hydrogen (secondary N) is 1. The zero-order chi connectivity index (χ0) is 13.9. The predicted octanol–water partition coefficient (Wildman–Crippen LogP) is 1.83. The second-order valence-corrected chi connectivity index (χ2v) is 7.58. The van der Waals surface area contributed by atoms with Gasteiger partial charge in [0.1, 0.15) is 5.82 Å². The number of sulfonamides is 1. The minimum absolute atomic E-state index is 0.0107. The average Bonchev–Trinajstić information content (AvgIpc) is 2.41. The summed E-state index contributed by atoms with van der Waals surface area (Å²) in [5, 5.41) is 0. The first-order valence-electron chi connectivity index (χ1n) is 6.11. The van der Waals surface area contributed by atoms with Gasteiger partial charge in [-0.15, -0.1) is 0 Å². The molecule has 0 amide bonds. The Balaban J connectivity index is 2.02. The fourth-order valence-electron chi connectivity index (χ4n) is 1.95. The van der Waals surface area contributed by atoms with E-state index in [4.69, 9.17) is 5.73 Å². The van der Waals surface area contributed by atoms with E-state index in [9.17, 15) is 12.8 Å². The zero-order valence-corrected chi connectivity index (χ0v) is 12.1. The molecule has 1 aromatic rings. The molecule has 0 aromatic heterocycles. The molecule has 1 aromatic carbocycles. The van der Waals surface area contributed by atoms with Crippen LogP contribution in [0.1, 0.15) is 12.8 Å². The van der Waals surface area contributed by atoms with E-state index < -0.39 is 15.8 Å². The molecular formula is C12H17FN2O2S2. The molecule has 1 saturated heterocycles. The molecule has 0 unspecified atom stereocenters. The minimum Gasteiger partial charge on any atom is -0.396 e. The third kappa shape index (κ3) is 3.84. The van der Waals surface area contributed by atoms with Crippen LogP contribution in [0.2, 0.25) is 0 Å². The Bertz CT molecular complexity index is 543. The molecule has 7 heteroatoms. The first-order valence-corrected chi connectivity index (χ1v) is 8.75. The molecule has 1 aliphatic heterocycles. The largest absolute Gasteiger partial charge is 0.396 e. The standard InChI is InChI=1S/C12H17FN2O2S2/c13-11-2-1-10(7-12(11)14)19(16,17)15-8-9-3-5-18-6-4-9/h1-2,7,9,15H,3-6,8,14H2. The molecule has 0 spiro atoms. The van der Waals surface area contributed by atoms with E-state index in [-0.39, 0.29) is 10.6 Å². The summed E-state index contributed by atoms with van der Waals surface area (Å²) in [5.74, 6) is 1.93. The summed E-state index contributed by atoms with van der Waals surface area (Å²) in [4.78, 5) is 0.0107. The first-order chi connectivity index (χ1) is 8.99. The van der Waals surface area contributed by atoms with Gasteiger partial charge in [-0.2, -0.15) is 11.8 Å². The number of nitrogen functional groups attached to an aromatic ring is 1. The highest BCUT2D eigenvalue weighted by Crippen LogP contribution is 2.23. The topological polar surface area (TPSA) is 72.2 Å². The smallest absolute Gasteiger partial charge is 0.240 e. The lowest BCUT2D eigenvalue weighted by Crippen LogP contribution is -2.31. The van der Waals surface area contributed by atoms with Crippen LogP contribution >= 0.6 is 11.8 Å². The highest BCUT2D eigenvalue weighted by molar-refractivity contribution is 7.99. The van der Waals surface area contributed by atoms with Crippen LogP contribution in [0.3, 0.4) is 0 Å². The first kappa shape index (κ1) is 14.6. The van der Waals surface area contributed by atoms with Crippen molar-refractivity contribution in [3.05, 3.63) is 24.0 Å². The Labute approximate surface area is 117 Å². The van der Waals surface area contributed by atoms with Crippen LogP contribution in [0.5, 0.6) is 0 Å². The van der Waals surface area contributed by atoms with Crippen molar-refractivity contribution in [1.29, 1.82) is 0 Å². The monoisotopic (exact) mass is 304 g/mol. The second-order valence-electron chi connectivity index (χ2n) is 4.59. The second kappa shape index (κ2) is 6.11. The summed E-state index contributed by atoms with van der Waals surface area (Å²) >= 11 is 1.90. The number of hydrogen-bond acceptors (Lipinski definition) is 4. The van der Waals surface area contributed by atoms with Crippen molar-refractivity contribution in [3.63, 3.8) is 0 Å². The van der Waals surface area contributed by atoms with Crippen LogP contribution in [0, 0.1) is 11.7 Å². The Hall–Kier alpha value is -0.790. The van der Waals surface area contributed by atoms with Crippen molar-refractivity contribution < 1.29 is 12.8 Å². The van der Waals surface area contributed by atoms with Crippen molar-refractivity contribution in [3.8, 4) is 0 Å². The van der Waals surface area contributed by atoms with Gasteiger partial charge < -0.3 is 5.73 Å². The van der Waals surface area contributed by atoms with Crippen molar-refractivity contribution >= 4 is 27.5 Å². The summed E-state index contributed by atoms with van der Waals surface area (Å²) in [7, 11) is -3.60. The maximum absolute atomic E-state index is 13.0. The van der Waals surface area contributed by atoms with E-state index in [0.29, 0.717) is 12.5 Å². The van der Waals surface area contributed by atoms with Crippen molar-refractivity contribution in [2.75, 3.05) is 23.8 Å². The molecule has 1 fully saturated rings. The molecule has 0 aliphatic carbocycles. The van der Waals surface area contributed by atoms with Gasteiger partial charge in [0.25, 0.3) is 0 Å². The summed E-state index contributed by atoms with van der Waals surface area (Å²) in [6, 6.07) is 3.44. The van der Waals surface area contributed by atoms with Gasteiger partial charge in [-0.1, -0.05) is 0 Å². The van der Waals surface area contributed by atoms with Gasteiger partial charge in [0, 0.05) is 6.54 Å². The van der Waals surface area contributed by atoms with E-state index in [0.717, 1.165) is 36.5 Å². The van der Waals surface area contributed by atoms with E-state index in [2.05, 4.69) is 4.72 Å². The maximum Gasteiger partial charge on any atom is 0.240 e. The molecule has 0 saturated carbocycles. The van der Waals surface area contributed by atoms with Gasteiger partial charge in [0.05, 0.1) is 10.6 Å². The molecule has 2 rings (SSSR count). The molecule has 19 heavy (non-hydrogen) atoms. The van der Waals surface area contributed by atoms with Crippen LogP contribution in [-0.2, 0) is 10.0 Å². The highest BCUT2D eigenvalue weighted by atomic mass is 32.2. The van der Waals surface area contributed by atoms with Gasteiger partial charge in [-0.25, -0.2) is 17.5 Å². The van der Waals surface area contributed by atoms with E-state index in [1.807, 2.05) is 11.8 Å². The van der Waals surface area contributed by atoms with Gasteiger partial charge in [0.2, 0.25) is 10.0 Å². The summed E-state index contributed by atoms with van der Waals surface area (Å²) in [6.45, 7) is 0.431. The summed E-state index contributed by atoms with van der Waals surface area (Å²) < 4.78 is 39.7. The number of rotatable bonds is 4. The summed E-state index contributed by atoms with van der Waals surface area (Å²) in [5.41, 5.74) is 5.23. The number of halogens is 1. The Morgan fingerprint density at radius 2 is 2.05 bits per heavy atom. The predicted molar refractivity (Wildman–Crippen MR) is 76.0 cm³/mol. The molecule has 0 radical (unpaired) electrons. The van der Waals surface area contributed by atoms with Crippen molar-refractivity contribution in [1.82, 2.24) is 4.72 Å². The zero-order valence-electron chi connectivity index (χ0n) is 10.4. The quantitative estimate of drug-likeness (QED) is 0.833. The van der Waals surface area contributed by atoms with Crippen LogP contribution in [0.4, 0.5) is 10.1 Å². The van der Waals surface area contributed by atoms with E-state index in [1.165, 1.54) is 6.07 Å². The lowest BCUT2D eigenvalue weighted by Gasteiger charge is -2.21. The molecule has 0 atom stereocenters. The van der Waals surface area contributed by atoms with Gasteiger partial charge in [-0.05, 0) is 48.5 Å². The van der Waals surface area contributed by atoms with E-state index in [1.54, 1.807) is 0 Å². The maximum atomic E-state index is 13.0. The van der Waals surface area contributed by atoms with Crippen molar-refractivity contribution in [2.45, 2.75) is 17.7 Å². The third-order valence-electron chi connectivity index (χ3n) is 3.18. The van der Waals surface area contributed by atoms with Gasteiger partial charge in [0.15, 0.2) is 0 Å². The normalized spacial score (nSPS) is 17.5. The Kier molecular flexibility index (Phi) is 4.70. The van der Waals surface area contributed by atoms with Crippen LogP contribution in [0.15, 0.2) is 23.1 Å². The molecule has 106 valence electrons. The van der Waals surface area contributed by atoms with E-state index >= 15 is 0 Å². The van der Waals surface area contributed by atoms with Crippen LogP contribution < -0.4 is 10.5 Å². The average molecular weight is 304 g/mol. The molecule has 1 aliphatic rings. The van der Waals surface area contributed by atoms with Crippen LogP contribution in [0.25, 0.3) is 0 Å². The van der Waals surface area contributed by atoms with Crippen molar-refractivity contribution in [2.24, 2.45) is 5.92 Å². The summed E-state index contributed by atoms with van der Waals surface area (Å²) in [6.07, 6.45) is 2.05. The number of benzene rings is 1. The number of thioether (sulfide) groups is 1. The minimum atomic E-state index is -3.60. The Morgan fingerprint density at radius 3 is 2.68 bits per heavy atom. The van der Waals surface area contributed by atoms with Crippen LogP contribution in [-0.4, -0.2) is 26.5 Å². The molecule has 0 bridgehead atoms. The fraction of sp³-hybridized carbons (Fsp3) is 0.500. The molecular weight excluding hydrogens is 287 g/mol. The molecule has 3 N–H and O–H groups in total.